The Hall–Kier alpha value is -3.07. The summed E-state index contributed by atoms with van der Waals surface area (Å²) in [5.74, 6) is -0.0318. The van der Waals surface area contributed by atoms with E-state index in [1.54, 1.807) is 4.57 Å². The number of rotatable bonds is 7. The molecular formula is C22H28N4O5. The second kappa shape index (κ2) is 8.97. The lowest BCUT2D eigenvalue weighted by molar-refractivity contribution is -0.155. The summed E-state index contributed by atoms with van der Waals surface area (Å²) in [6.07, 6.45) is 0.818. The fourth-order valence-electron chi connectivity index (χ4n) is 3.25. The number of aromatic amines is 1. The first kappa shape index (κ1) is 22.6. The lowest BCUT2D eigenvalue weighted by atomic mass is 10.1. The van der Waals surface area contributed by atoms with Crippen LogP contribution >= 0.6 is 0 Å². The summed E-state index contributed by atoms with van der Waals surface area (Å²) >= 11 is 0. The zero-order valence-corrected chi connectivity index (χ0v) is 18.6. The number of carbonyl (C=O) groups excluding carboxylic acids is 1. The van der Waals surface area contributed by atoms with Crippen LogP contribution in [-0.2, 0) is 20.8 Å². The molecule has 2 heterocycles. The van der Waals surface area contributed by atoms with Gasteiger partial charge in [0.1, 0.15) is 5.60 Å². The van der Waals surface area contributed by atoms with Gasteiger partial charge in [-0.15, -0.1) is 0 Å². The third-order valence-corrected chi connectivity index (χ3v) is 4.77. The summed E-state index contributed by atoms with van der Waals surface area (Å²) in [6.45, 7) is 10.5. The van der Waals surface area contributed by atoms with Crippen molar-refractivity contribution in [1.82, 2.24) is 19.5 Å². The van der Waals surface area contributed by atoms with E-state index in [1.807, 2.05) is 46.8 Å². The fraction of sp³-hybridized carbons (Fsp3) is 0.500. The maximum Gasteiger partial charge on any atom is 0.349 e. The Labute approximate surface area is 179 Å². The van der Waals surface area contributed by atoms with Crippen molar-refractivity contribution in [3.8, 4) is 11.5 Å². The number of H-pyrrole nitrogens is 1. The van der Waals surface area contributed by atoms with Crippen molar-refractivity contribution in [2.75, 3.05) is 13.2 Å². The number of benzene rings is 1. The summed E-state index contributed by atoms with van der Waals surface area (Å²) < 4.78 is 12.8. The van der Waals surface area contributed by atoms with E-state index in [0.717, 1.165) is 16.6 Å². The Kier molecular flexibility index (Phi) is 6.54. The number of aryl methyl sites for hydroxylation is 2. The average Bonchev–Trinajstić information content (AvgIpc) is 2.64. The first-order chi connectivity index (χ1) is 14.5. The van der Waals surface area contributed by atoms with Gasteiger partial charge >= 0.3 is 11.7 Å². The number of nitrogens with zero attached hydrogens (tertiary/aromatic N) is 3. The minimum atomic E-state index is -0.713. The lowest BCUT2D eigenvalue weighted by Crippen LogP contribution is -2.29. The van der Waals surface area contributed by atoms with Gasteiger partial charge < -0.3 is 14.0 Å². The van der Waals surface area contributed by atoms with Gasteiger partial charge in [0.2, 0.25) is 0 Å². The quantitative estimate of drug-likeness (QED) is 0.349. The predicted molar refractivity (Wildman–Crippen MR) is 116 cm³/mol. The van der Waals surface area contributed by atoms with Gasteiger partial charge in [-0.05, 0) is 64.3 Å². The van der Waals surface area contributed by atoms with Gasteiger partial charge in [-0.2, -0.15) is 4.98 Å². The topological polar surface area (TPSA) is 116 Å². The molecular weight excluding hydrogens is 400 g/mol. The van der Waals surface area contributed by atoms with E-state index in [2.05, 4.69) is 15.0 Å². The molecule has 2 aliphatic rings. The molecule has 31 heavy (non-hydrogen) atoms. The van der Waals surface area contributed by atoms with Crippen LogP contribution in [0.25, 0.3) is 22.6 Å². The van der Waals surface area contributed by atoms with Crippen LogP contribution in [0.4, 0.5) is 0 Å². The van der Waals surface area contributed by atoms with E-state index < -0.39 is 16.9 Å². The highest BCUT2D eigenvalue weighted by Gasteiger charge is 2.19. The molecule has 9 heteroatoms. The van der Waals surface area contributed by atoms with E-state index in [9.17, 15) is 14.4 Å². The van der Waals surface area contributed by atoms with E-state index in [1.165, 1.54) is 0 Å². The van der Waals surface area contributed by atoms with Crippen LogP contribution in [-0.4, -0.2) is 44.3 Å². The molecule has 0 aromatic heterocycles. The number of aromatic nitrogens is 4. The molecule has 1 N–H and O–H groups in total. The monoisotopic (exact) mass is 428 g/mol. The van der Waals surface area contributed by atoms with Gasteiger partial charge in [-0.1, -0.05) is 0 Å². The van der Waals surface area contributed by atoms with E-state index in [0.29, 0.717) is 31.7 Å². The molecule has 3 rings (SSSR count). The molecule has 1 aromatic rings. The average molecular weight is 428 g/mol. The molecule has 0 radical (unpaired) electrons. The second-order valence-corrected chi connectivity index (χ2v) is 8.53. The number of esters is 1. The van der Waals surface area contributed by atoms with Crippen LogP contribution in [0.1, 0.15) is 44.7 Å². The van der Waals surface area contributed by atoms with Crippen LogP contribution in [0.3, 0.4) is 0 Å². The molecule has 0 saturated carbocycles. The Morgan fingerprint density at radius 3 is 2.52 bits per heavy atom. The van der Waals surface area contributed by atoms with Crippen LogP contribution < -0.4 is 11.2 Å². The van der Waals surface area contributed by atoms with Crippen molar-refractivity contribution in [3.63, 3.8) is 0 Å². The molecule has 0 saturated heterocycles. The highest BCUT2D eigenvalue weighted by Crippen LogP contribution is 2.23. The van der Waals surface area contributed by atoms with Gasteiger partial charge in [-0.3, -0.25) is 14.6 Å². The molecule has 0 spiro atoms. The molecule has 9 nitrogen and oxygen atoms in total. The molecule has 166 valence electrons. The number of hydrogen-bond acceptors (Lipinski definition) is 7. The van der Waals surface area contributed by atoms with E-state index in [4.69, 9.17) is 9.47 Å². The molecule has 2 aliphatic heterocycles. The first-order valence-corrected chi connectivity index (χ1v) is 10.3. The number of ether oxygens (including phenoxy) is 2. The standard InChI is InChI=1S/C22H28N4O5/c1-13-11-15-16(12-14(13)2)26(19-18(23-15)20(28)25-21(29)24-19)8-10-30-9-6-7-17(27)31-22(3,4)5/h11-12H,6-10H2,1-5H3,(H,25,28,29). The van der Waals surface area contributed by atoms with E-state index >= 15 is 0 Å². The summed E-state index contributed by atoms with van der Waals surface area (Å²) in [4.78, 5) is 46.4. The van der Waals surface area contributed by atoms with Crippen molar-refractivity contribution >= 4 is 17.0 Å². The normalized spacial score (nSPS) is 11.9. The molecule has 0 unspecified atom stereocenters. The van der Waals surface area contributed by atoms with Crippen molar-refractivity contribution in [2.24, 2.45) is 0 Å². The van der Waals surface area contributed by atoms with Gasteiger partial charge in [0.25, 0.3) is 5.56 Å². The zero-order valence-electron chi connectivity index (χ0n) is 18.6. The third-order valence-electron chi connectivity index (χ3n) is 4.77. The minimum absolute atomic E-state index is 0.111. The van der Waals surface area contributed by atoms with Gasteiger partial charge in [-0.25, -0.2) is 9.78 Å². The molecule has 0 fully saturated rings. The first-order valence-electron chi connectivity index (χ1n) is 10.3. The lowest BCUT2D eigenvalue weighted by Gasteiger charge is -2.19. The number of nitrogens with one attached hydrogen (secondary N) is 1. The predicted octanol–water partition coefficient (Wildman–Crippen LogP) is 2.34. The number of carbonyl (C=O) groups is 1. The smallest absolute Gasteiger partial charge is 0.349 e. The third kappa shape index (κ3) is 5.55. The molecule has 0 bridgehead atoms. The molecule has 0 atom stereocenters. The Morgan fingerprint density at radius 1 is 1.10 bits per heavy atom. The number of hydrogen-bond donors (Lipinski definition) is 1. The van der Waals surface area contributed by atoms with Gasteiger partial charge in [0.05, 0.1) is 17.6 Å². The maximum absolute atomic E-state index is 12.3. The summed E-state index contributed by atoms with van der Waals surface area (Å²) in [6, 6.07) is 3.87. The summed E-state index contributed by atoms with van der Waals surface area (Å²) in [5, 5.41) is 0. The Bertz CT molecular complexity index is 1190. The van der Waals surface area contributed by atoms with Crippen LogP contribution in [0.5, 0.6) is 0 Å². The second-order valence-electron chi connectivity index (χ2n) is 8.53. The molecule has 0 amide bonds. The van der Waals surface area contributed by atoms with Crippen molar-refractivity contribution < 1.29 is 14.3 Å². The highest BCUT2D eigenvalue weighted by atomic mass is 16.6. The van der Waals surface area contributed by atoms with Crippen LogP contribution in [0.2, 0.25) is 0 Å². The van der Waals surface area contributed by atoms with Crippen LogP contribution in [0, 0.1) is 13.8 Å². The van der Waals surface area contributed by atoms with E-state index in [-0.39, 0.29) is 23.9 Å². The maximum atomic E-state index is 12.3. The number of fused-ring (bicyclic) bond motifs is 2. The van der Waals surface area contributed by atoms with Crippen LogP contribution in [0.15, 0.2) is 21.7 Å². The van der Waals surface area contributed by atoms with Crippen molar-refractivity contribution in [1.29, 1.82) is 0 Å². The zero-order chi connectivity index (χ0) is 22.8. The largest absolute Gasteiger partial charge is 0.460 e. The molecule has 1 aromatic carbocycles. The van der Waals surface area contributed by atoms with Crippen molar-refractivity contribution in [2.45, 2.75) is 59.6 Å². The Balaban J connectivity index is 1.76. The fourth-order valence-corrected chi connectivity index (χ4v) is 3.25. The Morgan fingerprint density at radius 2 is 1.81 bits per heavy atom. The summed E-state index contributed by atoms with van der Waals surface area (Å²) in [5.41, 5.74) is 1.86. The van der Waals surface area contributed by atoms with Gasteiger partial charge in [0, 0.05) is 19.6 Å². The summed E-state index contributed by atoms with van der Waals surface area (Å²) in [7, 11) is 0. The van der Waals surface area contributed by atoms with Gasteiger partial charge in [0.15, 0.2) is 11.5 Å². The molecule has 0 aliphatic carbocycles. The SMILES string of the molecule is Cc1cc2nc3c(=O)[nH]c(=O)nc-3n(CCOCCCC(=O)OC(C)(C)C)c2cc1C. The highest BCUT2D eigenvalue weighted by molar-refractivity contribution is 5.81. The minimum Gasteiger partial charge on any atom is -0.460 e. The van der Waals surface area contributed by atoms with Crippen molar-refractivity contribution in [3.05, 3.63) is 44.1 Å².